The van der Waals surface area contributed by atoms with E-state index in [-0.39, 0.29) is 0 Å². The monoisotopic (exact) mass is 269 g/mol. The van der Waals surface area contributed by atoms with E-state index < -0.39 is 0 Å². The molecule has 0 bridgehead atoms. The van der Waals surface area contributed by atoms with Crippen molar-refractivity contribution in [3.8, 4) is 0 Å². The van der Waals surface area contributed by atoms with E-state index in [4.69, 9.17) is 4.74 Å². The molecule has 0 heterocycles. The van der Waals surface area contributed by atoms with Gasteiger partial charge in [-0.3, -0.25) is 0 Å². The Hall–Kier alpha value is -0.0800. The molecule has 2 nitrogen and oxygen atoms in total. The van der Waals surface area contributed by atoms with E-state index in [0.29, 0.717) is 6.10 Å². The number of ether oxygens (including phenoxy) is 1. The van der Waals surface area contributed by atoms with Crippen LogP contribution in [0.3, 0.4) is 0 Å². The van der Waals surface area contributed by atoms with Gasteiger partial charge in [-0.2, -0.15) is 0 Å². The molecule has 0 atom stereocenters. The van der Waals surface area contributed by atoms with Gasteiger partial charge in [-0.15, -0.1) is 0 Å². The maximum atomic E-state index is 5.89. The molecular formula is C17H35NO. The lowest BCUT2D eigenvalue weighted by Crippen LogP contribution is -2.25. The van der Waals surface area contributed by atoms with Crippen molar-refractivity contribution in [3.63, 3.8) is 0 Å². The summed E-state index contributed by atoms with van der Waals surface area (Å²) in [6.45, 7) is 5.38. The van der Waals surface area contributed by atoms with E-state index in [1.165, 1.54) is 83.6 Å². The molecule has 0 aliphatic heterocycles. The third kappa shape index (κ3) is 10.4. The normalized spacial score (nSPS) is 16.9. The average molecular weight is 269 g/mol. The third-order valence-corrected chi connectivity index (χ3v) is 4.14. The smallest absolute Gasteiger partial charge is 0.0594 e. The highest BCUT2D eigenvalue weighted by Crippen LogP contribution is 2.19. The van der Waals surface area contributed by atoms with Crippen LogP contribution in [0.25, 0.3) is 0 Å². The van der Waals surface area contributed by atoms with Gasteiger partial charge in [0.25, 0.3) is 0 Å². The van der Waals surface area contributed by atoms with E-state index in [0.717, 1.165) is 13.2 Å². The number of hydrogen-bond acceptors (Lipinski definition) is 2. The number of nitrogens with one attached hydrogen (secondary N) is 1. The van der Waals surface area contributed by atoms with E-state index in [2.05, 4.69) is 12.2 Å². The fraction of sp³-hybridized carbons (Fsp3) is 1.00. The molecule has 1 rings (SSSR count). The second-order valence-electron chi connectivity index (χ2n) is 6.00. The molecule has 0 saturated heterocycles. The first-order valence-electron chi connectivity index (χ1n) is 8.76. The number of hydrogen-bond donors (Lipinski definition) is 1. The SMILES string of the molecule is CCCCCCCCCNCCOC1CCCCC1. The molecule has 0 amide bonds. The van der Waals surface area contributed by atoms with Gasteiger partial charge in [0.05, 0.1) is 12.7 Å². The van der Waals surface area contributed by atoms with Crippen LogP contribution in [0.2, 0.25) is 0 Å². The highest BCUT2D eigenvalue weighted by molar-refractivity contribution is 4.65. The molecule has 1 saturated carbocycles. The Labute approximate surface area is 120 Å². The van der Waals surface area contributed by atoms with Crippen LogP contribution in [0.4, 0.5) is 0 Å². The Morgan fingerprint density at radius 2 is 1.53 bits per heavy atom. The fourth-order valence-electron chi connectivity index (χ4n) is 2.86. The Morgan fingerprint density at radius 1 is 0.842 bits per heavy atom. The minimum Gasteiger partial charge on any atom is -0.377 e. The zero-order valence-corrected chi connectivity index (χ0v) is 13.1. The van der Waals surface area contributed by atoms with Crippen LogP contribution in [0.5, 0.6) is 0 Å². The van der Waals surface area contributed by atoms with Crippen molar-refractivity contribution in [2.45, 2.75) is 90.1 Å². The second-order valence-corrected chi connectivity index (χ2v) is 6.00. The lowest BCUT2D eigenvalue weighted by atomic mass is 9.98. The van der Waals surface area contributed by atoms with Crippen molar-refractivity contribution in [2.24, 2.45) is 0 Å². The third-order valence-electron chi connectivity index (χ3n) is 4.14. The minimum absolute atomic E-state index is 0.564. The largest absolute Gasteiger partial charge is 0.377 e. The second kappa shape index (κ2) is 12.9. The molecule has 1 fully saturated rings. The van der Waals surface area contributed by atoms with Crippen molar-refractivity contribution in [3.05, 3.63) is 0 Å². The Kier molecular flexibility index (Phi) is 11.5. The van der Waals surface area contributed by atoms with Crippen LogP contribution in [0.1, 0.15) is 84.0 Å². The van der Waals surface area contributed by atoms with Gasteiger partial charge in [0.1, 0.15) is 0 Å². The maximum absolute atomic E-state index is 5.89. The van der Waals surface area contributed by atoms with Crippen LogP contribution in [-0.4, -0.2) is 25.8 Å². The van der Waals surface area contributed by atoms with Crippen LogP contribution in [0, 0.1) is 0 Å². The van der Waals surface area contributed by atoms with E-state index in [1.54, 1.807) is 0 Å². The molecule has 1 aliphatic rings. The standard InChI is InChI=1S/C17H35NO/c1-2-3-4-5-6-7-11-14-18-15-16-19-17-12-9-8-10-13-17/h17-18H,2-16H2,1H3. The molecule has 1 aliphatic carbocycles. The molecular weight excluding hydrogens is 234 g/mol. The van der Waals surface area contributed by atoms with Crippen molar-refractivity contribution in [2.75, 3.05) is 19.7 Å². The summed E-state index contributed by atoms with van der Waals surface area (Å²) in [5, 5.41) is 3.50. The first-order chi connectivity index (χ1) is 9.43. The van der Waals surface area contributed by atoms with Crippen LogP contribution >= 0.6 is 0 Å². The van der Waals surface area contributed by atoms with Gasteiger partial charge in [-0.25, -0.2) is 0 Å². The zero-order chi connectivity index (χ0) is 13.6. The first kappa shape index (κ1) is 17.0. The van der Waals surface area contributed by atoms with Crippen molar-refractivity contribution < 1.29 is 4.74 Å². The van der Waals surface area contributed by atoms with Gasteiger partial charge in [0.15, 0.2) is 0 Å². The molecule has 2 heteroatoms. The van der Waals surface area contributed by atoms with Gasteiger partial charge in [0.2, 0.25) is 0 Å². The zero-order valence-electron chi connectivity index (χ0n) is 13.1. The van der Waals surface area contributed by atoms with Crippen LogP contribution in [0.15, 0.2) is 0 Å². The topological polar surface area (TPSA) is 21.3 Å². The van der Waals surface area contributed by atoms with E-state index >= 15 is 0 Å². The van der Waals surface area contributed by atoms with Crippen LogP contribution in [-0.2, 0) is 4.74 Å². The van der Waals surface area contributed by atoms with Gasteiger partial charge >= 0.3 is 0 Å². The lowest BCUT2D eigenvalue weighted by molar-refractivity contribution is 0.0303. The van der Waals surface area contributed by atoms with Crippen molar-refractivity contribution in [1.29, 1.82) is 0 Å². The highest BCUT2D eigenvalue weighted by Gasteiger charge is 2.12. The van der Waals surface area contributed by atoms with Gasteiger partial charge < -0.3 is 10.1 Å². The summed E-state index contributed by atoms with van der Waals surface area (Å²) in [5.74, 6) is 0. The van der Waals surface area contributed by atoms with Gasteiger partial charge in [-0.1, -0.05) is 64.7 Å². The maximum Gasteiger partial charge on any atom is 0.0594 e. The molecule has 1 N–H and O–H groups in total. The summed E-state index contributed by atoms with van der Waals surface area (Å²) < 4.78 is 5.89. The first-order valence-corrected chi connectivity index (χ1v) is 8.76. The Balaban J connectivity index is 1.71. The quantitative estimate of drug-likeness (QED) is 0.520. The van der Waals surface area contributed by atoms with E-state index in [9.17, 15) is 0 Å². The molecule has 0 aromatic rings. The molecule has 0 radical (unpaired) electrons. The van der Waals surface area contributed by atoms with Crippen LogP contribution < -0.4 is 5.32 Å². The van der Waals surface area contributed by atoms with Gasteiger partial charge in [0, 0.05) is 6.54 Å². The summed E-state index contributed by atoms with van der Waals surface area (Å²) in [7, 11) is 0. The molecule has 0 spiro atoms. The summed E-state index contributed by atoms with van der Waals surface area (Å²) in [6, 6.07) is 0. The minimum atomic E-state index is 0.564. The predicted molar refractivity (Wildman–Crippen MR) is 83.7 cm³/mol. The summed E-state index contributed by atoms with van der Waals surface area (Å²) in [4.78, 5) is 0. The van der Waals surface area contributed by atoms with Gasteiger partial charge in [-0.05, 0) is 25.8 Å². The number of rotatable bonds is 12. The lowest BCUT2D eigenvalue weighted by Gasteiger charge is -2.22. The summed E-state index contributed by atoms with van der Waals surface area (Å²) >= 11 is 0. The Morgan fingerprint density at radius 3 is 2.26 bits per heavy atom. The molecule has 0 aromatic heterocycles. The Bertz CT molecular complexity index is 178. The fourth-order valence-corrected chi connectivity index (χ4v) is 2.86. The van der Waals surface area contributed by atoms with Crippen molar-refractivity contribution in [1.82, 2.24) is 5.32 Å². The molecule has 0 unspecified atom stereocenters. The predicted octanol–water partition coefficient (Wildman–Crippen LogP) is 4.68. The molecule has 114 valence electrons. The molecule has 0 aromatic carbocycles. The number of unbranched alkanes of at least 4 members (excludes halogenated alkanes) is 6. The highest BCUT2D eigenvalue weighted by atomic mass is 16.5. The van der Waals surface area contributed by atoms with E-state index in [1.807, 2.05) is 0 Å². The summed E-state index contributed by atoms with van der Waals surface area (Å²) in [5.41, 5.74) is 0. The van der Waals surface area contributed by atoms with Crippen molar-refractivity contribution >= 4 is 0 Å². The molecule has 19 heavy (non-hydrogen) atoms. The average Bonchev–Trinajstić information content (AvgIpc) is 2.46. The summed E-state index contributed by atoms with van der Waals surface area (Å²) in [6.07, 6.45) is 17.1.